The Morgan fingerprint density at radius 3 is 2.67 bits per heavy atom. The number of aliphatic carboxylic acids is 1. The standard InChI is InChI=1S/C16H25NO4/c1-3-4-5-6-7-10-15(18)21-12-17-11-8-9-14(13(17)2)16(19)20/h8-9,11,13H,3-7,10,12H2,1-2H3,(H,19,20). The number of carboxylic acids is 1. The summed E-state index contributed by atoms with van der Waals surface area (Å²) in [6.07, 6.45) is 10.8. The Labute approximate surface area is 126 Å². The lowest BCUT2D eigenvalue weighted by molar-refractivity contribution is -0.148. The van der Waals surface area contributed by atoms with Crippen LogP contribution in [0.4, 0.5) is 0 Å². The average molecular weight is 295 g/mol. The van der Waals surface area contributed by atoms with E-state index in [1.165, 1.54) is 12.8 Å². The van der Waals surface area contributed by atoms with Crippen molar-refractivity contribution in [2.45, 2.75) is 58.4 Å². The molecule has 0 amide bonds. The summed E-state index contributed by atoms with van der Waals surface area (Å²) in [6.45, 7) is 4.03. The van der Waals surface area contributed by atoms with Gasteiger partial charge in [-0.3, -0.25) is 4.79 Å². The van der Waals surface area contributed by atoms with E-state index in [2.05, 4.69) is 6.92 Å². The first-order valence-corrected chi connectivity index (χ1v) is 7.59. The van der Waals surface area contributed by atoms with Crippen molar-refractivity contribution in [1.82, 2.24) is 4.90 Å². The maximum atomic E-state index is 11.6. The molecule has 0 saturated carbocycles. The quantitative estimate of drug-likeness (QED) is 0.523. The Hall–Kier alpha value is -1.78. The highest BCUT2D eigenvalue weighted by Gasteiger charge is 2.23. The number of ether oxygens (including phenoxy) is 1. The first-order chi connectivity index (χ1) is 10.1. The predicted molar refractivity (Wildman–Crippen MR) is 80.5 cm³/mol. The molecule has 1 atom stereocenters. The normalized spacial score (nSPS) is 17.5. The van der Waals surface area contributed by atoms with Gasteiger partial charge in [-0.1, -0.05) is 32.6 Å². The Balaban J connectivity index is 2.26. The largest absolute Gasteiger partial charge is 0.478 e. The molecule has 0 saturated heterocycles. The number of allylic oxidation sites excluding steroid dienone is 2. The summed E-state index contributed by atoms with van der Waals surface area (Å²) in [5.41, 5.74) is 0.299. The molecule has 5 nitrogen and oxygen atoms in total. The molecule has 0 bridgehead atoms. The highest BCUT2D eigenvalue weighted by atomic mass is 16.5. The van der Waals surface area contributed by atoms with Crippen LogP contribution < -0.4 is 0 Å². The van der Waals surface area contributed by atoms with Crippen LogP contribution in [-0.2, 0) is 14.3 Å². The van der Waals surface area contributed by atoms with Crippen LogP contribution in [0.3, 0.4) is 0 Å². The monoisotopic (exact) mass is 295 g/mol. The fourth-order valence-corrected chi connectivity index (χ4v) is 2.20. The zero-order valence-electron chi connectivity index (χ0n) is 12.9. The van der Waals surface area contributed by atoms with Gasteiger partial charge < -0.3 is 14.7 Å². The average Bonchev–Trinajstić information content (AvgIpc) is 2.45. The van der Waals surface area contributed by atoms with E-state index >= 15 is 0 Å². The Morgan fingerprint density at radius 1 is 1.29 bits per heavy atom. The predicted octanol–water partition coefficient (Wildman–Crippen LogP) is 3.08. The second kappa shape index (κ2) is 9.21. The van der Waals surface area contributed by atoms with Crippen molar-refractivity contribution in [2.24, 2.45) is 0 Å². The molecule has 0 radical (unpaired) electrons. The lowest BCUT2D eigenvalue weighted by atomic mass is 10.1. The van der Waals surface area contributed by atoms with Gasteiger partial charge in [0.25, 0.3) is 0 Å². The SMILES string of the molecule is CCCCCCCC(=O)OCN1C=CC=C(C(=O)O)C1C. The van der Waals surface area contributed by atoms with Crippen LogP contribution in [0, 0.1) is 0 Å². The molecule has 1 rings (SSSR count). The van der Waals surface area contributed by atoms with Crippen LogP contribution >= 0.6 is 0 Å². The fourth-order valence-electron chi connectivity index (χ4n) is 2.20. The summed E-state index contributed by atoms with van der Waals surface area (Å²) < 4.78 is 5.20. The molecular formula is C16H25NO4. The van der Waals surface area contributed by atoms with Gasteiger partial charge in [0.2, 0.25) is 0 Å². The topological polar surface area (TPSA) is 66.8 Å². The number of rotatable bonds is 9. The van der Waals surface area contributed by atoms with Gasteiger partial charge in [-0.25, -0.2) is 4.79 Å². The molecule has 0 aliphatic carbocycles. The maximum absolute atomic E-state index is 11.6. The van der Waals surface area contributed by atoms with Gasteiger partial charge in [0.15, 0.2) is 6.73 Å². The van der Waals surface area contributed by atoms with E-state index in [1.54, 1.807) is 30.2 Å². The summed E-state index contributed by atoms with van der Waals surface area (Å²) in [5.74, 6) is -1.17. The third-order valence-corrected chi connectivity index (χ3v) is 3.61. The Bertz CT molecular complexity index is 415. The maximum Gasteiger partial charge on any atom is 0.333 e. The minimum Gasteiger partial charge on any atom is -0.478 e. The molecule has 0 fully saturated rings. The molecule has 1 aliphatic heterocycles. The van der Waals surface area contributed by atoms with Crippen molar-refractivity contribution in [3.05, 3.63) is 23.9 Å². The Morgan fingerprint density at radius 2 is 2.00 bits per heavy atom. The van der Waals surface area contributed by atoms with Gasteiger partial charge in [0.05, 0.1) is 11.6 Å². The molecule has 1 aliphatic rings. The van der Waals surface area contributed by atoms with E-state index in [-0.39, 0.29) is 18.7 Å². The zero-order chi connectivity index (χ0) is 15.7. The molecule has 21 heavy (non-hydrogen) atoms. The number of carbonyl (C=O) groups excluding carboxylic acids is 1. The first kappa shape index (κ1) is 17.3. The minimum absolute atomic E-state index is 0.0933. The summed E-state index contributed by atoms with van der Waals surface area (Å²) >= 11 is 0. The van der Waals surface area contributed by atoms with Gasteiger partial charge in [0.1, 0.15) is 0 Å². The number of carboxylic acid groups (broad SMARTS) is 1. The molecule has 1 heterocycles. The summed E-state index contributed by atoms with van der Waals surface area (Å²) in [6, 6.07) is -0.301. The number of hydrogen-bond acceptors (Lipinski definition) is 4. The van der Waals surface area contributed by atoms with Gasteiger partial charge in [0, 0.05) is 12.6 Å². The van der Waals surface area contributed by atoms with Crippen LogP contribution in [0.5, 0.6) is 0 Å². The Kier molecular flexibility index (Phi) is 7.58. The van der Waals surface area contributed by atoms with Crippen molar-refractivity contribution >= 4 is 11.9 Å². The second-order valence-corrected chi connectivity index (χ2v) is 5.27. The summed E-state index contributed by atoms with van der Waals surface area (Å²) in [7, 11) is 0. The third-order valence-electron chi connectivity index (χ3n) is 3.61. The first-order valence-electron chi connectivity index (χ1n) is 7.59. The van der Waals surface area contributed by atoms with E-state index in [0.29, 0.717) is 12.0 Å². The fraction of sp³-hybridized carbons (Fsp3) is 0.625. The van der Waals surface area contributed by atoms with E-state index < -0.39 is 5.97 Å². The van der Waals surface area contributed by atoms with Crippen molar-refractivity contribution in [3.63, 3.8) is 0 Å². The van der Waals surface area contributed by atoms with Crippen LogP contribution in [0.2, 0.25) is 0 Å². The molecule has 0 aromatic rings. The number of nitrogens with zero attached hydrogens (tertiary/aromatic N) is 1. The van der Waals surface area contributed by atoms with Crippen LogP contribution in [0.1, 0.15) is 52.4 Å². The van der Waals surface area contributed by atoms with Crippen molar-refractivity contribution in [1.29, 1.82) is 0 Å². The molecular weight excluding hydrogens is 270 g/mol. The number of carbonyl (C=O) groups is 2. The van der Waals surface area contributed by atoms with Crippen LogP contribution in [0.15, 0.2) is 23.9 Å². The highest BCUT2D eigenvalue weighted by molar-refractivity contribution is 5.88. The number of hydrogen-bond donors (Lipinski definition) is 1. The van der Waals surface area contributed by atoms with E-state index in [0.717, 1.165) is 19.3 Å². The lowest BCUT2D eigenvalue weighted by Gasteiger charge is -2.29. The molecule has 1 N–H and O–H groups in total. The molecule has 118 valence electrons. The van der Waals surface area contributed by atoms with E-state index in [4.69, 9.17) is 9.84 Å². The minimum atomic E-state index is -0.945. The van der Waals surface area contributed by atoms with Crippen LogP contribution in [-0.4, -0.2) is 34.7 Å². The van der Waals surface area contributed by atoms with Gasteiger partial charge in [-0.15, -0.1) is 0 Å². The third kappa shape index (κ3) is 6.02. The van der Waals surface area contributed by atoms with Crippen LogP contribution in [0.25, 0.3) is 0 Å². The lowest BCUT2D eigenvalue weighted by Crippen LogP contribution is -2.36. The molecule has 0 aromatic heterocycles. The second-order valence-electron chi connectivity index (χ2n) is 5.27. The smallest absolute Gasteiger partial charge is 0.333 e. The molecule has 0 aromatic carbocycles. The number of unbranched alkanes of at least 4 members (excludes halogenated alkanes) is 4. The van der Waals surface area contributed by atoms with Crippen molar-refractivity contribution in [2.75, 3.05) is 6.73 Å². The van der Waals surface area contributed by atoms with E-state index in [9.17, 15) is 9.59 Å². The van der Waals surface area contributed by atoms with Crippen molar-refractivity contribution < 1.29 is 19.4 Å². The molecule has 0 spiro atoms. The van der Waals surface area contributed by atoms with Gasteiger partial charge in [-0.2, -0.15) is 0 Å². The summed E-state index contributed by atoms with van der Waals surface area (Å²) in [5, 5.41) is 9.05. The van der Waals surface area contributed by atoms with Gasteiger partial charge >= 0.3 is 11.9 Å². The van der Waals surface area contributed by atoms with Crippen molar-refractivity contribution in [3.8, 4) is 0 Å². The highest BCUT2D eigenvalue weighted by Crippen LogP contribution is 2.16. The molecule has 1 unspecified atom stereocenters. The molecule has 5 heteroatoms. The van der Waals surface area contributed by atoms with E-state index in [1.807, 2.05) is 0 Å². The zero-order valence-corrected chi connectivity index (χ0v) is 12.9. The summed E-state index contributed by atoms with van der Waals surface area (Å²) in [4.78, 5) is 24.4. The van der Waals surface area contributed by atoms with Gasteiger partial charge in [-0.05, 0) is 25.5 Å². The number of esters is 1.